The molecule has 10 nitrogen and oxygen atoms in total. The topological polar surface area (TPSA) is 124 Å². The van der Waals surface area contributed by atoms with Gasteiger partial charge in [-0.25, -0.2) is 14.7 Å². The fourth-order valence-corrected chi connectivity index (χ4v) is 4.09. The minimum absolute atomic E-state index is 0.0249. The van der Waals surface area contributed by atoms with E-state index in [4.69, 9.17) is 9.94 Å². The highest BCUT2D eigenvalue weighted by molar-refractivity contribution is 5.97. The lowest BCUT2D eigenvalue weighted by Gasteiger charge is -2.36. The number of pyridine rings is 1. The summed E-state index contributed by atoms with van der Waals surface area (Å²) >= 11 is 0. The molecule has 1 aliphatic carbocycles. The van der Waals surface area contributed by atoms with E-state index in [-0.39, 0.29) is 29.4 Å². The molecule has 31 heavy (non-hydrogen) atoms. The predicted molar refractivity (Wildman–Crippen MR) is 109 cm³/mol. The number of hydrogen-bond acceptors (Lipinski definition) is 7. The molecule has 1 aromatic carbocycles. The van der Waals surface area contributed by atoms with Gasteiger partial charge in [-0.2, -0.15) is 0 Å². The Hall–Kier alpha value is -3.18. The highest BCUT2D eigenvalue weighted by atomic mass is 19.1. The third-order valence-electron chi connectivity index (χ3n) is 5.75. The van der Waals surface area contributed by atoms with E-state index >= 15 is 4.39 Å². The van der Waals surface area contributed by atoms with Crippen LogP contribution in [0.2, 0.25) is 0 Å². The van der Waals surface area contributed by atoms with Gasteiger partial charge in [0.25, 0.3) is 5.91 Å². The van der Waals surface area contributed by atoms with Gasteiger partial charge in [-0.3, -0.25) is 19.7 Å². The normalized spacial score (nSPS) is 17.1. The lowest BCUT2D eigenvalue weighted by atomic mass is 10.1. The van der Waals surface area contributed by atoms with Gasteiger partial charge in [-0.05, 0) is 18.9 Å². The van der Waals surface area contributed by atoms with E-state index in [9.17, 15) is 19.5 Å². The van der Waals surface area contributed by atoms with Gasteiger partial charge in [0, 0.05) is 38.4 Å². The maximum atomic E-state index is 15.2. The van der Waals surface area contributed by atoms with Crippen molar-refractivity contribution in [2.75, 3.05) is 44.7 Å². The van der Waals surface area contributed by atoms with Crippen LogP contribution >= 0.6 is 0 Å². The van der Waals surface area contributed by atoms with E-state index in [0.717, 1.165) is 18.9 Å². The van der Waals surface area contributed by atoms with E-state index in [1.807, 2.05) is 4.90 Å². The van der Waals surface area contributed by atoms with Gasteiger partial charge in [0.1, 0.15) is 11.3 Å². The Labute approximate surface area is 176 Å². The molecule has 1 amide bonds. The molecule has 1 aromatic heterocycles. The molecule has 0 bridgehead atoms. The second-order valence-electron chi connectivity index (χ2n) is 7.75. The molecule has 1 saturated carbocycles. The zero-order chi connectivity index (χ0) is 22.3. The summed E-state index contributed by atoms with van der Waals surface area (Å²) in [6.07, 6.45) is 2.98. The first kappa shape index (κ1) is 21.1. The van der Waals surface area contributed by atoms with Gasteiger partial charge < -0.3 is 19.3 Å². The lowest BCUT2D eigenvalue weighted by Crippen LogP contribution is -2.49. The van der Waals surface area contributed by atoms with Crippen LogP contribution in [-0.2, 0) is 4.79 Å². The number of methoxy groups -OCH3 is 1. The Balaban J connectivity index is 1.79. The molecule has 0 spiro atoms. The first-order valence-corrected chi connectivity index (χ1v) is 9.94. The number of ether oxygens (including phenoxy) is 1. The van der Waals surface area contributed by atoms with Gasteiger partial charge >= 0.3 is 5.97 Å². The first-order chi connectivity index (χ1) is 14.8. The summed E-state index contributed by atoms with van der Waals surface area (Å²) in [5, 5.41) is 18.1. The summed E-state index contributed by atoms with van der Waals surface area (Å²) in [6, 6.07) is 1.12. The number of amides is 1. The van der Waals surface area contributed by atoms with Gasteiger partial charge in [0.05, 0.1) is 24.6 Å². The molecule has 0 radical (unpaired) electrons. The van der Waals surface area contributed by atoms with Crippen LogP contribution < -0.4 is 20.5 Å². The van der Waals surface area contributed by atoms with Gasteiger partial charge in [0.15, 0.2) is 11.6 Å². The summed E-state index contributed by atoms with van der Waals surface area (Å²) < 4.78 is 22.5. The zero-order valence-corrected chi connectivity index (χ0v) is 16.9. The highest BCUT2D eigenvalue weighted by Crippen LogP contribution is 2.43. The van der Waals surface area contributed by atoms with Crippen molar-refractivity contribution in [2.24, 2.45) is 0 Å². The number of benzene rings is 1. The number of rotatable bonds is 6. The van der Waals surface area contributed by atoms with Crippen molar-refractivity contribution in [1.82, 2.24) is 14.9 Å². The SMILES string of the molecule is COc1c(N2CCN(CC(=O)NO)CC2)c(F)cc2c(=O)c(C(=O)O)cn(C3CC3)c12. The maximum Gasteiger partial charge on any atom is 0.341 e. The number of nitrogens with one attached hydrogen (secondary N) is 1. The van der Waals surface area contributed by atoms with Crippen LogP contribution in [0.15, 0.2) is 17.1 Å². The number of nitrogens with zero attached hydrogens (tertiary/aromatic N) is 3. The van der Waals surface area contributed by atoms with E-state index in [1.54, 1.807) is 14.9 Å². The number of hydrogen-bond donors (Lipinski definition) is 3. The molecule has 3 N–H and O–H groups in total. The van der Waals surface area contributed by atoms with Crippen LogP contribution in [0, 0.1) is 5.82 Å². The van der Waals surface area contributed by atoms with Gasteiger partial charge in [-0.15, -0.1) is 0 Å². The molecule has 4 rings (SSSR count). The molecule has 1 saturated heterocycles. The number of fused-ring (bicyclic) bond motifs is 1. The van der Waals surface area contributed by atoms with Crippen molar-refractivity contribution in [1.29, 1.82) is 0 Å². The minimum Gasteiger partial charge on any atom is -0.492 e. The molecular formula is C20H23FN4O6. The Morgan fingerprint density at radius 1 is 1.26 bits per heavy atom. The number of carboxylic acids is 1. The highest BCUT2D eigenvalue weighted by Gasteiger charge is 2.32. The number of anilines is 1. The summed E-state index contributed by atoms with van der Waals surface area (Å²) in [5.74, 6) is -2.36. The number of hydroxylamine groups is 1. The summed E-state index contributed by atoms with van der Waals surface area (Å²) in [6.45, 7) is 1.75. The first-order valence-electron chi connectivity index (χ1n) is 9.94. The number of aromatic carboxylic acids is 1. The number of halogens is 1. The number of aromatic nitrogens is 1. The number of piperazine rings is 1. The summed E-state index contributed by atoms with van der Waals surface area (Å²) in [7, 11) is 1.40. The second kappa shape index (κ2) is 8.16. The Morgan fingerprint density at radius 2 is 1.94 bits per heavy atom. The van der Waals surface area contributed by atoms with Crippen LogP contribution in [0.25, 0.3) is 10.9 Å². The van der Waals surface area contributed by atoms with Crippen molar-refractivity contribution in [2.45, 2.75) is 18.9 Å². The molecule has 2 fully saturated rings. The van der Waals surface area contributed by atoms with E-state index < -0.39 is 28.7 Å². The van der Waals surface area contributed by atoms with Crippen LogP contribution in [0.1, 0.15) is 29.2 Å². The van der Waals surface area contributed by atoms with Crippen LogP contribution in [-0.4, -0.2) is 71.5 Å². The molecule has 1 aliphatic heterocycles. The number of carbonyl (C=O) groups is 2. The van der Waals surface area contributed by atoms with E-state index in [0.29, 0.717) is 31.7 Å². The predicted octanol–water partition coefficient (Wildman–Crippen LogP) is 0.810. The fraction of sp³-hybridized carbons (Fsp3) is 0.450. The van der Waals surface area contributed by atoms with Gasteiger partial charge in [0.2, 0.25) is 5.43 Å². The van der Waals surface area contributed by atoms with Crippen molar-refractivity contribution >= 4 is 28.5 Å². The molecule has 0 atom stereocenters. The maximum absolute atomic E-state index is 15.2. The zero-order valence-electron chi connectivity index (χ0n) is 16.9. The average molecular weight is 434 g/mol. The molecular weight excluding hydrogens is 411 g/mol. The number of carboxylic acid groups (broad SMARTS) is 1. The van der Waals surface area contributed by atoms with Gasteiger partial charge in [-0.1, -0.05) is 0 Å². The summed E-state index contributed by atoms with van der Waals surface area (Å²) in [4.78, 5) is 39.3. The van der Waals surface area contributed by atoms with Crippen molar-refractivity contribution < 1.29 is 29.0 Å². The van der Waals surface area contributed by atoms with E-state index in [2.05, 4.69) is 0 Å². The average Bonchev–Trinajstić information content (AvgIpc) is 3.59. The third-order valence-corrected chi connectivity index (χ3v) is 5.75. The van der Waals surface area contributed by atoms with Crippen LogP contribution in [0.5, 0.6) is 5.75 Å². The Kier molecular flexibility index (Phi) is 5.54. The molecule has 2 aliphatic rings. The molecule has 2 aromatic rings. The summed E-state index contributed by atoms with van der Waals surface area (Å²) in [5.41, 5.74) is 1.04. The second-order valence-corrected chi connectivity index (χ2v) is 7.75. The Bertz CT molecular complexity index is 1110. The number of carbonyl (C=O) groups excluding carboxylic acids is 1. The van der Waals surface area contributed by atoms with Crippen molar-refractivity contribution in [3.8, 4) is 5.75 Å². The van der Waals surface area contributed by atoms with Crippen molar-refractivity contribution in [3.05, 3.63) is 33.9 Å². The largest absolute Gasteiger partial charge is 0.492 e. The Morgan fingerprint density at radius 3 is 2.48 bits per heavy atom. The van der Waals surface area contributed by atoms with Crippen LogP contribution in [0.4, 0.5) is 10.1 Å². The molecule has 166 valence electrons. The fourth-order valence-electron chi connectivity index (χ4n) is 4.09. The quantitative estimate of drug-likeness (QED) is 0.451. The van der Waals surface area contributed by atoms with Crippen LogP contribution in [0.3, 0.4) is 0 Å². The standard InChI is InChI=1S/C20H23FN4O6/c1-31-19-16-12(18(27)13(20(28)29)9-25(16)11-2-3-11)8-14(21)17(19)24-6-4-23(5-7-24)10-15(26)22-30/h8-9,11,30H,2-7,10H2,1H3,(H,22,26)(H,28,29). The smallest absolute Gasteiger partial charge is 0.341 e. The minimum atomic E-state index is -1.35. The molecule has 0 unspecified atom stereocenters. The van der Waals surface area contributed by atoms with Crippen molar-refractivity contribution in [3.63, 3.8) is 0 Å². The molecule has 11 heteroatoms. The van der Waals surface area contributed by atoms with E-state index in [1.165, 1.54) is 13.3 Å². The monoisotopic (exact) mass is 434 g/mol. The third kappa shape index (κ3) is 3.81. The lowest BCUT2D eigenvalue weighted by molar-refractivity contribution is -0.130. The molecule has 2 heterocycles.